The number of carbonyl (C=O) groups excluding carboxylic acids is 1. The van der Waals surface area contributed by atoms with Gasteiger partial charge in [0.05, 0.1) is 18.8 Å². The van der Waals surface area contributed by atoms with E-state index in [1.807, 2.05) is 22.0 Å². The van der Waals surface area contributed by atoms with Gasteiger partial charge < -0.3 is 15.4 Å². The lowest BCUT2D eigenvalue weighted by molar-refractivity contribution is -0.134. The van der Waals surface area contributed by atoms with Gasteiger partial charge in [0, 0.05) is 44.4 Å². The molecule has 6 nitrogen and oxygen atoms in total. The van der Waals surface area contributed by atoms with Crippen molar-refractivity contribution < 1.29 is 9.53 Å². The number of aryl methyl sites for hydroxylation is 1. The number of nitrogens with two attached hydrogens (primary N) is 1. The zero-order chi connectivity index (χ0) is 15.2. The van der Waals surface area contributed by atoms with E-state index in [2.05, 4.69) is 12.0 Å². The van der Waals surface area contributed by atoms with E-state index in [0.29, 0.717) is 19.6 Å². The first-order valence-corrected chi connectivity index (χ1v) is 7.73. The number of hydrogen-bond donors (Lipinski definition) is 1. The SMILES string of the molecule is CCCn1cc(C2C(N)CCCC(=O)N2CCOC)cn1. The first-order valence-electron chi connectivity index (χ1n) is 7.73. The molecule has 1 saturated heterocycles. The van der Waals surface area contributed by atoms with Gasteiger partial charge in [0.25, 0.3) is 0 Å². The summed E-state index contributed by atoms with van der Waals surface area (Å²) in [5.41, 5.74) is 7.38. The molecule has 0 aromatic carbocycles. The van der Waals surface area contributed by atoms with Crippen molar-refractivity contribution in [2.75, 3.05) is 20.3 Å². The van der Waals surface area contributed by atoms with Gasteiger partial charge in [-0.25, -0.2) is 0 Å². The monoisotopic (exact) mass is 294 g/mol. The van der Waals surface area contributed by atoms with E-state index in [-0.39, 0.29) is 18.0 Å². The third kappa shape index (κ3) is 3.83. The van der Waals surface area contributed by atoms with Crippen LogP contribution in [0.15, 0.2) is 12.4 Å². The van der Waals surface area contributed by atoms with Crippen LogP contribution in [0.5, 0.6) is 0 Å². The molecule has 1 aliphatic rings. The number of rotatable bonds is 6. The largest absolute Gasteiger partial charge is 0.383 e. The van der Waals surface area contributed by atoms with Gasteiger partial charge in [-0.1, -0.05) is 6.92 Å². The third-order valence-electron chi connectivity index (χ3n) is 3.97. The quantitative estimate of drug-likeness (QED) is 0.859. The molecule has 1 fully saturated rings. The van der Waals surface area contributed by atoms with E-state index < -0.39 is 0 Å². The molecule has 2 unspecified atom stereocenters. The fourth-order valence-electron chi connectivity index (χ4n) is 2.94. The Balaban J connectivity index is 2.24. The zero-order valence-electron chi connectivity index (χ0n) is 13.0. The average Bonchev–Trinajstić information content (AvgIpc) is 2.86. The Bertz CT molecular complexity index is 460. The first-order chi connectivity index (χ1) is 10.2. The molecule has 0 spiro atoms. The molecule has 0 aliphatic carbocycles. The summed E-state index contributed by atoms with van der Waals surface area (Å²) < 4.78 is 7.06. The topological polar surface area (TPSA) is 73.4 Å². The van der Waals surface area contributed by atoms with Crippen LogP contribution in [0.4, 0.5) is 0 Å². The van der Waals surface area contributed by atoms with Gasteiger partial charge in [0.2, 0.25) is 5.91 Å². The zero-order valence-corrected chi connectivity index (χ0v) is 13.0. The summed E-state index contributed by atoms with van der Waals surface area (Å²) in [6.45, 7) is 4.10. The van der Waals surface area contributed by atoms with Crippen LogP contribution in [-0.4, -0.2) is 46.9 Å². The van der Waals surface area contributed by atoms with Crippen LogP contribution >= 0.6 is 0 Å². The molecule has 1 aromatic rings. The highest BCUT2D eigenvalue weighted by Crippen LogP contribution is 2.29. The molecule has 21 heavy (non-hydrogen) atoms. The van der Waals surface area contributed by atoms with E-state index in [0.717, 1.165) is 31.4 Å². The number of ether oxygens (including phenoxy) is 1. The van der Waals surface area contributed by atoms with Crippen molar-refractivity contribution in [1.82, 2.24) is 14.7 Å². The van der Waals surface area contributed by atoms with Gasteiger partial charge in [0.15, 0.2) is 0 Å². The molecule has 2 heterocycles. The lowest BCUT2D eigenvalue weighted by Crippen LogP contribution is -2.43. The summed E-state index contributed by atoms with van der Waals surface area (Å²) in [5, 5.41) is 4.38. The number of methoxy groups -OCH3 is 1. The average molecular weight is 294 g/mol. The van der Waals surface area contributed by atoms with E-state index in [4.69, 9.17) is 10.5 Å². The number of nitrogens with zero attached hydrogens (tertiary/aromatic N) is 3. The molecule has 0 radical (unpaired) electrons. The van der Waals surface area contributed by atoms with Gasteiger partial charge in [0.1, 0.15) is 0 Å². The second-order valence-electron chi connectivity index (χ2n) is 5.62. The molecule has 1 aliphatic heterocycles. The summed E-state index contributed by atoms with van der Waals surface area (Å²) in [7, 11) is 1.65. The molecular formula is C15H26N4O2. The van der Waals surface area contributed by atoms with Crippen LogP contribution < -0.4 is 5.73 Å². The highest BCUT2D eigenvalue weighted by Gasteiger charge is 2.33. The van der Waals surface area contributed by atoms with Crippen LogP contribution in [0, 0.1) is 0 Å². The van der Waals surface area contributed by atoms with Crippen LogP contribution in [0.3, 0.4) is 0 Å². The Kier molecular flexibility index (Phi) is 5.76. The van der Waals surface area contributed by atoms with Crippen molar-refractivity contribution in [3.05, 3.63) is 18.0 Å². The van der Waals surface area contributed by atoms with Gasteiger partial charge >= 0.3 is 0 Å². The van der Waals surface area contributed by atoms with Gasteiger partial charge in [-0.15, -0.1) is 0 Å². The first kappa shape index (κ1) is 16.0. The van der Waals surface area contributed by atoms with E-state index in [1.54, 1.807) is 7.11 Å². The third-order valence-corrected chi connectivity index (χ3v) is 3.97. The highest BCUT2D eigenvalue weighted by atomic mass is 16.5. The molecule has 118 valence electrons. The fraction of sp³-hybridized carbons (Fsp3) is 0.733. The van der Waals surface area contributed by atoms with Gasteiger partial charge in [-0.3, -0.25) is 9.48 Å². The number of hydrogen-bond acceptors (Lipinski definition) is 4. The minimum atomic E-state index is -0.0965. The summed E-state index contributed by atoms with van der Waals surface area (Å²) in [6, 6.07) is -0.145. The Morgan fingerprint density at radius 1 is 1.48 bits per heavy atom. The number of aromatic nitrogens is 2. The van der Waals surface area contributed by atoms with Gasteiger partial charge in [-0.05, 0) is 19.3 Å². The predicted molar refractivity (Wildman–Crippen MR) is 80.7 cm³/mol. The molecule has 0 bridgehead atoms. The Labute approximate surface area is 126 Å². The van der Waals surface area contributed by atoms with E-state index in [1.165, 1.54) is 0 Å². The molecule has 2 N–H and O–H groups in total. The summed E-state index contributed by atoms with van der Waals surface area (Å²) >= 11 is 0. The lowest BCUT2D eigenvalue weighted by atomic mass is 9.99. The maximum absolute atomic E-state index is 12.4. The Morgan fingerprint density at radius 2 is 2.29 bits per heavy atom. The number of carbonyl (C=O) groups is 1. The van der Waals surface area contributed by atoms with Crippen LogP contribution in [0.25, 0.3) is 0 Å². The van der Waals surface area contributed by atoms with Crippen molar-refractivity contribution in [3.63, 3.8) is 0 Å². The maximum Gasteiger partial charge on any atom is 0.223 e. The van der Waals surface area contributed by atoms with Crippen LogP contribution in [0.2, 0.25) is 0 Å². The van der Waals surface area contributed by atoms with Crippen molar-refractivity contribution in [2.24, 2.45) is 5.73 Å². The number of amides is 1. The maximum atomic E-state index is 12.4. The smallest absolute Gasteiger partial charge is 0.223 e. The molecular weight excluding hydrogens is 268 g/mol. The highest BCUT2D eigenvalue weighted by molar-refractivity contribution is 5.77. The normalized spacial score (nSPS) is 23.4. The van der Waals surface area contributed by atoms with Crippen molar-refractivity contribution in [2.45, 2.75) is 51.2 Å². The fourth-order valence-corrected chi connectivity index (χ4v) is 2.94. The molecule has 1 amide bonds. The molecule has 1 aromatic heterocycles. The molecule has 2 atom stereocenters. The minimum Gasteiger partial charge on any atom is -0.383 e. The number of likely N-dealkylation sites (tertiary alicyclic amines) is 1. The van der Waals surface area contributed by atoms with Gasteiger partial charge in [-0.2, -0.15) is 5.10 Å². The van der Waals surface area contributed by atoms with Crippen LogP contribution in [0.1, 0.15) is 44.2 Å². The van der Waals surface area contributed by atoms with Crippen molar-refractivity contribution in [3.8, 4) is 0 Å². The summed E-state index contributed by atoms with van der Waals surface area (Å²) in [5.74, 6) is 0.160. The summed E-state index contributed by atoms with van der Waals surface area (Å²) in [6.07, 6.45) is 7.17. The predicted octanol–water partition coefficient (Wildman–Crippen LogP) is 1.32. The molecule has 0 saturated carbocycles. The lowest BCUT2D eigenvalue weighted by Gasteiger charge is -2.32. The second-order valence-corrected chi connectivity index (χ2v) is 5.62. The molecule has 6 heteroatoms. The Morgan fingerprint density at radius 3 is 3.00 bits per heavy atom. The summed E-state index contributed by atoms with van der Waals surface area (Å²) in [4.78, 5) is 14.2. The van der Waals surface area contributed by atoms with Crippen molar-refractivity contribution >= 4 is 5.91 Å². The van der Waals surface area contributed by atoms with Crippen LogP contribution in [-0.2, 0) is 16.1 Å². The van der Waals surface area contributed by atoms with E-state index in [9.17, 15) is 4.79 Å². The Hall–Kier alpha value is -1.40. The van der Waals surface area contributed by atoms with E-state index >= 15 is 0 Å². The second kappa shape index (κ2) is 7.56. The standard InChI is InChI=1S/C15H26N4O2/c1-3-7-18-11-12(10-17-18)15-13(16)5-4-6-14(20)19(15)8-9-21-2/h10-11,13,15H,3-9,16H2,1-2H3. The molecule has 2 rings (SSSR count). The van der Waals surface area contributed by atoms with Crippen molar-refractivity contribution in [1.29, 1.82) is 0 Å². The minimum absolute atomic E-state index is 0.0485.